The summed E-state index contributed by atoms with van der Waals surface area (Å²) in [6.07, 6.45) is -3.21. The third-order valence-corrected chi connectivity index (χ3v) is 1.87. The van der Waals surface area contributed by atoms with Crippen LogP contribution >= 0.6 is 0 Å². The molecule has 0 aromatic heterocycles. The van der Waals surface area contributed by atoms with Gasteiger partial charge in [-0.15, -0.1) is 0 Å². The van der Waals surface area contributed by atoms with Crippen LogP contribution in [0, 0.1) is 23.3 Å². The maximum atomic E-state index is 13.0. The summed E-state index contributed by atoms with van der Waals surface area (Å²) in [5, 5.41) is 8.39. The highest BCUT2D eigenvalue weighted by Gasteiger charge is 2.32. The lowest BCUT2D eigenvalue weighted by molar-refractivity contribution is 0.0688. The van der Waals surface area contributed by atoms with Crippen molar-refractivity contribution < 1.29 is 40.6 Å². The Balaban J connectivity index is 3.91. The molecule has 0 heterocycles. The molecule has 0 bridgehead atoms. The van der Waals surface area contributed by atoms with Crippen molar-refractivity contribution in [1.82, 2.24) is 0 Å². The van der Waals surface area contributed by atoms with Crippen LogP contribution < -0.4 is 0 Å². The van der Waals surface area contributed by atoms with Gasteiger partial charge in [-0.25, -0.2) is 26.7 Å². The first kappa shape index (κ1) is 14.0. The van der Waals surface area contributed by atoms with Crippen LogP contribution in [0.2, 0.25) is 0 Å². The van der Waals surface area contributed by atoms with Crippen LogP contribution in [-0.4, -0.2) is 11.1 Å². The summed E-state index contributed by atoms with van der Waals surface area (Å²) in [5.74, 6) is -15.4. The highest BCUT2D eigenvalue weighted by molar-refractivity contribution is 5.93. The minimum atomic E-state index is -3.21. The first-order chi connectivity index (χ1) is 8.20. The Kier molecular flexibility index (Phi) is 3.63. The van der Waals surface area contributed by atoms with Gasteiger partial charge in [0, 0.05) is 0 Å². The summed E-state index contributed by atoms with van der Waals surface area (Å²) >= 11 is 0. The summed E-state index contributed by atoms with van der Waals surface area (Å²) in [4.78, 5) is 10.5. The van der Waals surface area contributed by atoms with Gasteiger partial charge in [-0.2, -0.15) is 8.78 Å². The summed E-state index contributed by atoms with van der Waals surface area (Å²) in [6, 6.07) is 0. The fourth-order valence-electron chi connectivity index (χ4n) is 1.13. The minimum absolute atomic E-state index is 2.06. The molecule has 9 heteroatoms. The molecule has 1 rings (SSSR count). The van der Waals surface area contributed by atoms with Crippen LogP contribution in [0.25, 0.3) is 5.83 Å². The Morgan fingerprint density at radius 2 is 1.17 bits per heavy atom. The number of halogens is 7. The molecule has 1 aromatic carbocycles. The van der Waals surface area contributed by atoms with Gasteiger partial charge in [-0.1, -0.05) is 0 Å². The number of carboxylic acid groups (broad SMARTS) is 1. The molecule has 0 unspecified atom stereocenters. The molecule has 0 atom stereocenters. The van der Waals surface area contributed by atoms with Crippen molar-refractivity contribution in [2.24, 2.45) is 0 Å². The molecule has 18 heavy (non-hydrogen) atoms. The van der Waals surface area contributed by atoms with Crippen molar-refractivity contribution in [3.63, 3.8) is 0 Å². The number of hydrogen-bond acceptors (Lipinski definition) is 1. The Morgan fingerprint density at radius 1 is 0.778 bits per heavy atom. The predicted octanol–water partition coefficient (Wildman–Crippen LogP) is 3.48. The summed E-state index contributed by atoms with van der Waals surface area (Å²) < 4.78 is 88.0. The molecule has 0 aliphatic rings. The molecule has 2 nitrogen and oxygen atoms in total. The second-order valence-electron chi connectivity index (χ2n) is 2.89. The molecule has 0 fully saturated rings. The lowest BCUT2D eigenvalue weighted by Crippen LogP contribution is -2.12. The van der Waals surface area contributed by atoms with Crippen molar-refractivity contribution in [2.75, 3.05) is 0 Å². The number of carboxylic acids is 1. The maximum absolute atomic E-state index is 13.0. The van der Waals surface area contributed by atoms with Crippen molar-refractivity contribution in [1.29, 1.82) is 0 Å². The number of benzene rings is 1. The van der Waals surface area contributed by atoms with Crippen LogP contribution in [0.15, 0.2) is 6.08 Å². The number of hydrogen-bond donors (Lipinski definition) is 1. The van der Waals surface area contributed by atoms with E-state index in [4.69, 9.17) is 5.11 Å². The summed E-state index contributed by atoms with van der Waals surface area (Å²) in [7, 11) is 0. The zero-order chi connectivity index (χ0) is 14.2. The van der Waals surface area contributed by atoms with E-state index in [0.29, 0.717) is 0 Å². The molecule has 0 spiro atoms. The van der Waals surface area contributed by atoms with E-state index in [1.807, 2.05) is 0 Å². The molecule has 98 valence electrons. The predicted molar refractivity (Wildman–Crippen MR) is 43.5 cm³/mol. The molecule has 1 aromatic rings. The molecule has 1 N–H and O–H groups in total. The topological polar surface area (TPSA) is 37.3 Å². The van der Waals surface area contributed by atoms with Crippen LogP contribution in [0.1, 0.15) is 15.9 Å². The standard InChI is InChI=1S/C9HF7O2/c10-3-1(5(12)8(15)16)2(9(17)18)4(11)7(14)6(3)13/h(H,17,18). The Bertz CT molecular complexity index is 561. The van der Waals surface area contributed by atoms with Gasteiger partial charge in [0.25, 0.3) is 0 Å². The molecular weight excluding hydrogens is 273 g/mol. The number of rotatable bonds is 2. The van der Waals surface area contributed by atoms with Crippen molar-refractivity contribution in [2.45, 2.75) is 0 Å². The van der Waals surface area contributed by atoms with Gasteiger partial charge >= 0.3 is 12.0 Å². The van der Waals surface area contributed by atoms with Gasteiger partial charge in [0.15, 0.2) is 29.1 Å². The first-order valence-corrected chi connectivity index (χ1v) is 4.00. The second-order valence-corrected chi connectivity index (χ2v) is 2.89. The van der Waals surface area contributed by atoms with E-state index < -0.39 is 52.3 Å². The normalized spacial score (nSPS) is 10.4. The smallest absolute Gasteiger partial charge is 0.339 e. The summed E-state index contributed by atoms with van der Waals surface area (Å²) in [6.45, 7) is 0. The lowest BCUT2D eigenvalue weighted by atomic mass is 10.0. The van der Waals surface area contributed by atoms with E-state index in [1.54, 1.807) is 0 Å². The van der Waals surface area contributed by atoms with E-state index >= 15 is 0 Å². The van der Waals surface area contributed by atoms with Crippen molar-refractivity contribution in [3.8, 4) is 0 Å². The van der Waals surface area contributed by atoms with Gasteiger partial charge < -0.3 is 5.11 Å². The maximum Gasteiger partial charge on any atom is 0.339 e. The van der Waals surface area contributed by atoms with E-state index in [0.717, 1.165) is 0 Å². The van der Waals surface area contributed by atoms with Crippen LogP contribution in [0.3, 0.4) is 0 Å². The third kappa shape index (κ3) is 2.03. The Labute approximate surface area is 94.0 Å². The molecule has 0 saturated heterocycles. The average molecular weight is 274 g/mol. The zero-order valence-corrected chi connectivity index (χ0v) is 8.00. The Morgan fingerprint density at radius 3 is 1.50 bits per heavy atom. The van der Waals surface area contributed by atoms with Crippen LogP contribution in [-0.2, 0) is 0 Å². The van der Waals surface area contributed by atoms with Gasteiger partial charge in [-0.05, 0) is 0 Å². The fraction of sp³-hybridized carbons (Fsp3) is 0. The fourth-order valence-corrected chi connectivity index (χ4v) is 1.13. The van der Waals surface area contributed by atoms with E-state index in [1.165, 1.54) is 0 Å². The largest absolute Gasteiger partial charge is 0.478 e. The van der Waals surface area contributed by atoms with Gasteiger partial charge in [0.1, 0.15) is 5.56 Å². The van der Waals surface area contributed by atoms with Crippen LogP contribution in [0.4, 0.5) is 30.7 Å². The molecule has 0 radical (unpaired) electrons. The third-order valence-electron chi connectivity index (χ3n) is 1.87. The van der Waals surface area contributed by atoms with E-state index in [2.05, 4.69) is 0 Å². The number of aromatic carboxylic acids is 1. The lowest BCUT2D eigenvalue weighted by Gasteiger charge is -2.08. The highest BCUT2D eigenvalue weighted by atomic mass is 19.3. The van der Waals surface area contributed by atoms with E-state index in [9.17, 15) is 35.5 Å². The van der Waals surface area contributed by atoms with Crippen LogP contribution in [0.5, 0.6) is 0 Å². The minimum Gasteiger partial charge on any atom is -0.478 e. The molecule has 0 amide bonds. The quantitative estimate of drug-likeness (QED) is 0.509. The monoisotopic (exact) mass is 274 g/mol. The van der Waals surface area contributed by atoms with Crippen molar-refractivity contribution >= 4 is 11.8 Å². The first-order valence-electron chi connectivity index (χ1n) is 4.00. The van der Waals surface area contributed by atoms with Crippen molar-refractivity contribution in [3.05, 3.63) is 40.5 Å². The molecule has 0 aliphatic carbocycles. The number of carbonyl (C=O) groups is 1. The second kappa shape index (κ2) is 4.67. The average Bonchev–Trinajstić information content (AvgIpc) is 2.29. The van der Waals surface area contributed by atoms with Gasteiger partial charge in [0.2, 0.25) is 0 Å². The van der Waals surface area contributed by atoms with Gasteiger partial charge in [0.05, 0.1) is 5.56 Å². The highest BCUT2D eigenvalue weighted by Crippen LogP contribution is 2.32. The molecule has 0 aliphatic heterocycles. The van der Waals surface area contributed by atoms with Gasteiger partial charge in [-0.3, -0.25) is 0 Å². The zero-order valence-electron chi connectivity index (χ0n) is 8.00. The SMILES string of the molecule is O=C(O)c1c(F)c(F)c(F)c(F)c1C(F)=C(F)F. The van der Waals surface area contributed by atoms with E-state index in [-0.39, 0.29) is 0 Å². The molecular formula is C9HF7O2. The molecule has 0 saturated carbocycles. The summed E-state index contributed by atoms with van der Waals surface area (Å²) in [5.41, 5.74) is -4.24. The Hall–Kier alpha value is -2.06.